The summed E-state index contributed by atoms with van der Waals surface area (Å²) in [5.74, 6) is 1.27. The smallest absolute Gasteiger partial charge is 0.164 e. The fourth-order valence-corrected chi connectivity index (χ4v) is 7.07. The molecule has 0 saturated heterocycles. The summed E-state index contributed by atoms with van der Waals surface area (Å²) in [5, 5.41) is 5.14. The van der Waals surface area contributed by atoms with Crippen LogP contribution in [0.4, 0.5) is 0 Å². The Balaban J connectivity index is 0.00000348. The third-order valence-corrected chi connectivity index (χ3v) is 10.9. The molecule has 8 bridgehead atoms. The minimum absolute atomic E-state index is 0. The number of nitrogens with zero attached hydrogens (tertiary/aromatic N) is 6. The van der Waals surface area contributed by atoms with Gasteiger partial charge >= 0.3 is 0 Å². The van der Waals surface area contributed by atoms with Gasteiger partial charge in [-0.3, -0.25) is 0 Å². The molecule has 0 aliphatic carbocycles. The minimum Gasteiger partial charge on any atom is -0.324 e. The number of hydrogen-bond acceptors (Lipinski definition) is 6. The number of hydrogen-bond donors (Lipinski definition) is 2. The van der Waals surface area contributed by atoms with Gasteiger partial charge in [0.2, 0.25) is 0 Å². The molecule has 245 valence electrons. The van der Waals surface area contributed by atoms with Gasteiger partial charge in [-0.1, -0.05) is 92.8 Å². The fourth-order valence-electron chi connectivity index (χ4n) is 5.76. The van der Waals surface area contributed by atoms with E-state index in [2.05, 4.69) is 9.97 Å². The molecule has 0 fully saturated rings. The molecule has 0 amide bonds. The van der Waals surface area contributed by atoms with Crippen molar-refractivity contribution in [3.05, 3.63) is 88.7 Å². The largest absolute Gasteiger partial charge is 0.324 e. The topological polar surface area (TPSA) is 109 Å². The Bertz CT molecular complexity index is 2430. The second-order valence-electron chi connectivity index (χ2n) is 10.9. The molecule has 9 rings (SSSR count). The van der Waals surface area contributed by atoms with Gasteiger partial charge in [-0.05, 0) is 48.5 Å². The van der Waals surface area contributed by atoms with Crippen molar-refractivity contribution < 1.29 is 17.1 Å². The van der Waals surface area contributed by atoms with Crippen LogP contribution < -0.4 is 0 Å². The van der Waals surface area contributed by atoms with Crippen LogP contribution in [0, 0.1) is 0 Å². The van der Waals surface area contributed by atoms with Crippen LogP contribution in [0.1, 0.15) is 0 Å². The molecule has 0 saturated carbocycles. The molecular weight excluding hydrogens is 844 g/mol. The Kier molecular flexibility index (Phi) is 8.21. The van der Waals surface area contributed by atoms with Gasteiger partial charge in [0, 0.05) is 60.9 Å². The van der Waals surface area contributed by atoms with Crippen molar-refractivity contribution in [3.63, 3.8) is 0 Å². The van der Waals surface area contributed by atoms with Gasteiger partial charge < -0.3 is 9.97 Å². The molecule has 2 aliphatic heterocycles. The Hall–Kier alpha value is -2.92. The molecule has 2 aliphatic rings. The van der Waals surface area contributed by atoms with Crippen LogP contribution >= 0.6 is 92.8 Å². The van der Waals surface area contributed by atoms with Gasteiger partial charge in [-0.2, -0.15) is 0 Å². The van der Waals surface area contributed by atoms with Crippen LogP contribution in [-0.2, 0) is 17.1 Å². The molecule has 7 aromatic rings. The van der Waals surface area contributed by atoms with E-state index in [0.29, 0.717) is 130 Å². The number of rotatable bonds is 0. The Morgan fingerprint density at radius 1 is 0.306 bits per heavy atom. The number of halogens is 8. The first-order chi connectivity index (χ1) is 23.0. The zero-order chi connectivity index (χ0) is 33.2. The minimum atomic E-state index is 0. The average molecular weight is 854 g/mol. The van der Waals surface area contributed by atoms with E-state index in [9.17, 15) is 0 Å². The van der Waals surface area contributed by atoms with E-state index in [0.717, 1.165) is 0 Å². The van der Waals surface area contributed by atoms with Gasteiger partial charge in [0.1, 0.15) is 22.6 Å². The average Bonchev–Trinajstić information content (AvgIpc) is 3.74. The second kappa shape index (κ2) is 12.1. The Morgan fingerprint density at radius 2 is 0.510 bits per heavy atom. The maximum atomic E-state index is 6.49. The van der Waals surface area contributed by atoms with E-state index < -0.39 is 0 Å². The molecule has 1 radical (unpaired) electrons. The first-order valence-electron chi connectivity index (χ1n) is 13.8. The molecule has 5 heterocycles. The maximum Gasteiger partial charge on any atom is 0.164 e. The van der Waals surface area contributed by atoms with Crippen molar-refractivity contribution >= 4 is 137 Å². The van der Waals surface area contributed by atoms with Crippen molar-refractivity contribution in [2.24, 2.45) is 0 Å². The molecule has 0 spiro atoms. The quantitative estimate of drug-likeness (QED) is 0.147. The zero-order valence-electron chi connectivity index (χ0n) is 23.6. The van der Waals surface area contributed by atoms with E-state index >= 15 is 0 Å². The Labute approximate surface area is 325 Å². The van der Waals surface area contributed by atoms with Crippen LogP contribution in [0.15, 0.2) is 48.5 Å². The van der Waals surface area contributed by atoms with E-state index in [-0.39, 0.29) is 17.1 Å². The van der Waals surface area contributed by atoms with Crippen LogP contribution in [0.25, 0.3) is 89.7 Å². The van der Waals surface area contributed by atoms with Crippen LogP contribution in [0.5, 0.6) is 0 Å². The normalized spacial score (nSPS) is 11.9. The number of fused-ring (bicyclic) bond motifs is 20. The van der Waals surface area contributed by atoms with Crippen molar-refractivity contribution in [2.45, 2.75) is 0 Å². The van der Waals surface area contributed by atoms with E-state index in [4.69, 9.17) is 123 Å². The predicted molar refractivity (Wildman–Crippen MR) is 196 cm³/mol. The zero-order valence-corrected chi connectivity index (χ0v) is 30.6. The van der Waals surface area contributed by atoms with Gasteiger partial charge in [0.25, 0.3) is 0 Å². The summed E-state index contributed by atoms with van der Waals surface area (Å²) < 4.78 is 0. The molecule has 49 heavy (non-hydrogen) atoms. The summed E-state index contributed by atoms with van der Waals surface area (Å²) >= 11 is 51.9. The summed E-state index contributed by atoms with van der Waals surface area (Å²) in [6.45, 7) is 0. The monoisotopic (exact) mass is 849 g/mol. The van der Waals surface area contributed by atoms with Crippen LogP contribution in [0.3, 0.4) is 0 Å². The number of aromatic nitrogens is 8. The summed E-state index contributed by atoms with van der Waals surface area (Å²) in [7, 11) is 0. The Morgan fingerprint density at radius 3 is 0.735 bits per heavy atom. The third kappa shape index (κ3) is 5.35. The molecule has 0 unspecified atom stereocenters. The summed E-state index contributed by atoms with van der Waals surface area (Å²) in [6, 6.07) is 13.6. The standard InChI is InChI=1S/C32H10Cl8N8.Cu/c33-17-1-9-10(2-18(17)34)26-41-25(9)45-27-11-3-19(35)20(36)4-12(11)29(42-27)47-31-15-7-23(39)24(40)8-16(15)32(44-31)48-30-14-6-22(38)21(37)5-13(14)28(43-30)46-26;/h1-8H,(H2,41,42,43,44,45,46,47,48);. The van der Waals surface area contributed by atoms with Crippen molar-refractivity contribution in [1.29, 1.82) is 0 Å². The van der Waals surface area contributed by atoms with Crippen molar-refractivity contribution in [1.82, 2.24) is 39.9 Å². The number of benzene rings is 4. The molecule has 17 heteroatoms. The summed E-state index contributed by atoms with van der Waals surface area (Å²) in [4.78, 5) is 36.0. The molecule has 4 aromatic carbocycles. The predicted octanol–water partition coefficient (Wildman–Crippen LogP) is 12.1. The molecular formula is C32H10Cl8CuN8. The fraction of sp³-hybridized carbons (Fsp3) is 0. The summed E-state index contributed by atoms with van der Waals surface area (Å²) in [5.41, 5.74) is 4.05. The summed E-state index contributed by atoms with van der Waals surface area (Å²) in [6.07, 6.45) is 0. The van der Waals surface area contributed by atoms with Gasteiger partial charge in [0.15, 0.2) is 23.3 Å². The first kappa shape index (κ1) is 33.2. The maximum absolute atomic E-state index is 6.49. The SMILES string of the molecule is Clc1cc2c(cc1Cl)-c1nc-2nc2[nH]c(nc3nc(nc4[nH]c(n1)c1cc(Cl)c(Cl)cc41)-c1cc(Cl)c(Cl)cc1-3)c1cc(Cl)c(Cl)cc21.[Cu]. The van der Waals surface area contributed by atoms with Crippen molar-refractivity contribution in [3.8, 4) is 45.6 Å². The van der Waals surface area contributed by atoms with Crippen LogP contribution in [0.2, 0.25) is 40.2 Å². The second-order valence-corrected chi connectivity index (χ2v) is 14.1. The van der Waals surface area contributed by atoms with E-state index in [1.54, 1.807) is 48.5 Å². The van der Waals surface area contributed by atoms with Crippen molar-refractivity contribution in [2.75, 3.05) is 0 Å². The number of H-pyrrole nitrogens is 2. The molecule has 0 atom stereocenters. The number of nitrogens with one attached hydrogen (secondary N) is 2. The van der Waals surface area contributed by atoms with Gasteiger partial charge in [-0.25, -0.2) is 29.9 Å². The van der Waals surface area contributed by atoms with Gasteiger partial charge in [-0.15, -0.1) is 0 Å². The third-order valence-electron chi connectivity index (χ3n) is 7.99. The molecule has 8 nitrogen and oxygen atoms in total. The first-order valence-corrected chi connectivity index (χ1v) is 16.8. The van der Waals surface area contributed by atoms with E-state index in [1.807, 2.05) is 0 Å². The number of aromatic amines is 2. The van der Waals surface area contributed by atoms with Crippen LogP contribution in [-0.4, -0.2) is 39.9 Å². The van der Waals surface area contributed by atoms with Gasteiger partial charge in [0.05, 0.1) is 40.2 Å². The van der Waals surface area contributed by atoms with E-state index in [1.165, 1.54) is 0 Å². The molecule has 3 aromatic heterocycles. The molecule has 2 N–H and O–H groups in total.